The van der Waals surface area contributed by atoms with E-state index in [4.69, 9.17) is 10.2 Å². The number of aryl methyl sites for hydroxylation is 1. The van der Waals surface area contributed by atoms with Crippen molar-refractivity contribution in [1.82, 2.24) is 5.32 Å². The molecular weight excluding hydrogens is 262 g/mol. The van der Waals surface area contributed by atoms with E-state index in [1.54, 1.807) is 11.3 Å². The van der Waals surface area contributed by atoms with Crippen molar-refractivity contribution >= 4 is 27.3 Å². The monoisotopic (exact) mass is 279 g/mol. The number of nitrogens with one attached hydrogen (secondary N) is 1. The summed E-state index contributed by atoms with van der Waals surface area (Å²) in [5, 5.41) is 23.7. The van der Waals surface area contributed by atoms with E-state index in [2.05, 4.69) is 22.8 Å². The van der Waals surface area contributed by atoms with Crippen molar-refractivity contribution in [2.45, 2.75) is 18.9 Å². The van der Waals surface area contributed by atoms with Gasteiger partial charge in [-0.15, -0.1) is 11.3 Å². The van der Waals surface area contributed by atoms with Crippen LogP contribution in [-0.2, 0) is 11.2 Å². The van der Waals surface area contributed by atoms with E-state index in [0.29, 0.717) is 12.8 Å². The van der Waals surface area contributed by atoms with Gasteiger partial charge in [0.05, 0.1) is 19.3 Å². The van der Waals surface area contributed by atoms with Gasteiger partial charge in [-0.1, -0.05) is 18.2 Å². The zero-order chi connectivity index (χ0) is 13.7. The molecule has 0 saturated heterocycles. The summed E-state index contributed by atoms with van der Waals surface area (Å²) in [6, 6.07) is 7.56. The summed E-state index contributed by atoms with van der Waals surface area (Å²) in [5.41, 5.74) is 1.17. The molecule has 1 aromatic heterocycles. The van der Waals surface area contributed by atoms with Gasteiger partial charge in [-0.05, 0) is 28.8 Å². The van der Waals surface area contributed by atoms with E-state index < -0.39 is 6.04 Å². The molecular formula is C14H17NO3S. The van der Waals surface area contributed by atoms with Crippen LogP contribution in [0.5, 0.6) is 0 Å². The number of rotatable bonds is 6. The Kier molecular flexibility index (Phi) is 4.90. The Balaban J connectivity index is 1.93. The smallest absolute Gasteiger partial charge is 0.220 e. The largest absolute Gasteiger partial charge is 0.394 e. The molecule has 0 aliphatic rings. The Hall–Kier alpha value is -1.43. The normalized spacial score (nSPS) is 11.1. The first-order chi connectivity index (χ1) is 9.24. The number of benzene rings is 1. The maximum absolute atomic E-state index is 11.7. The lowest BCUT2D eigenvalue weighted by atomic mass is 10.1. The van der Waals surface area contributed by atoms with Crippen molar-refractivity contribution in [2.24, 2.45) is 0 Å². The zero-order valence-corrected chi connectivity index (χ0v) is 11.3. The summed E-state index contributed by atoms with van der Waals surface area (Å²) in [5.74, 6) is -0.150. The summed E-state index contributed by atoms with van der Waals surface area (Å²) in [4.78, 5) is 11.7. The number of amides is 1. The van der Waals surface area contributed by atoms with Crippen LogP contribution in [0.1, 0.15) is 12.0 Å². The fourth-order valence-electron chi connectivity index (χ4n) is 1.92. The van der Waals surface area contributed by atoms with Gasteiger partial charge in [0.15, 0.2) is 0 Å². The van der Waals surface area contributed by atoms with Crippen molar-refractivity contribution in [1.29, 1.82) is 0 Å². The number of aliphatic hydroxyl groups is 2. The molecule has 1 heterocycles. The molecule has 0 saturated carbocycles. The highest BCUT2D eigenvalue weighted by atomic mass is 32.1. The third-order valence-corrected chi connectivity index (χ3v) is 4.00. The van der Waals surface area contributed by atoms with E-state index in [9.17, 15) is 4.79 Å². The Labute approximate surface area is 115 Å². The number of aliphatic hydroxyl groups excluding tert-OH is 2. The number of carbonyl (C=O) groups excluding carboxylic acids is 1. The second-order valence-corrected chi connectivity index (χ2v) is 5.30. The lowest BCUT2D eigenvalue weighted by Crippen LogP contribution is -2.40. The molecule has 102 valence electrons. The molecule has 1 amide bonds. The number of carbonyl (C=O) groups is 1. The van der Waals surface area contributed by atoms with Crippen molar-refractivity contribution < 1.29 is 15.0 Å². The SMILES string of the molecule is O=C(CCc1csc2ccccc12)NC(CO)CO. The van der Waals surface area contributed by atoms with Crippen LogP contribution in [-0.4, -0.2) is 35.4 Å². The van der Waals surface area contributed by atoms with Gasteiger partial charge in [-0.25, -0.2) is 0 Å². The van der Waals surface area contributed by atoms with Gasteiger partial charge in [0.1, 0.15) is 0 Å². The van der Waals surface area contributed by atoms with Crippen LogP contribution in [0.25, 0.3) is 10.1 Å². The topological polar surface area (TPSA) is 69.6 Å². The minimum Gasteiger partial charge on any atom is -0.394 e. The number of hydrogen-bond acceptors (Lipinski definition) is 4. The van der Waals surface area contributed by atoms with Crippen LogP contribution in [0.4, 0.5) is 0 Å². The van der Waals surface area contributed by atoms with Gasteiger partial charge in [-0.3, -0.25) is 4.79 Å². The zero-order valence-electron chi connectivity index (χ0n) is 10.5. The Bertz CT molecular complexity index is 548. The van der Waals surface area contributed by atoms with E-state index in [1.807, 2.05) is 12.1 Å². The molecule has 5 heteroatoms. The molecule has 0 unspecified atom stereocenters. The van der Waals surface area contributed by atoms with E-state index in [0.717, 1.165) is 0 Å². The van der Waals surface area contributed by atoms with Crippen LogP contribution in [0.15, 0.2) is 29.6 Å². The first-order valence-corrected chi connectivity index (χ1v) is 7.08. The summed E-state index contributed by atoms with van der Waals surface area (Å²) in [6.45, 7) is -0.493. The van der Waals surface area contributed by atoms with Crippen LogP contribution in [0, 0.1) is 0 Å². The summed E-state index contributed by atoms with van der Waals surface area (Å²) in [6.07, 6.45) is 1.02. The van der Waals surface area contributed by atoms with Crippen LogP contribution >= 0.6 is 11.3 Å². The lowest BCUT2D eigenvalue weighted by Gasteiger charge is -2.12. The van der Waals surface area contributed by atoms with Gasteiger partial charge in [0, 0.05) is 11.1 Å². The third kappa shape index (κ3) is 3.53. The fourth-order valence-corrected chi connectivity index (χ4v) is 2.92. The maximum Gasteiger partial charge on any atom is 0.220 e. The Morgan fingerprint density at radius 1 is 1.26 bits per heavy atom. The number of hydrogen-bond donors (Lipinski definition) is 3. The summed E-state index contributed by atoms with van der Waals surface area (Å²) < 4.78 is 1.22. The minimum atomic E-state index is -0.563. The highest BCUT2D eigenvalue weighted by molar-refractivity contribution is 7.17. The quantitative estimate of drug-likeness (QED) is 0.746. The first kappa shape index (κ1) is 14.0. The van der Waals surface area contributed by atoms with E-state index >= 15 is 0 Å². The molecule has 3 N–H and O–H groups in total. The minimum absolute atomic E-state index is 0.150. The molecule has 2 aromatic rings. The molecule has 0 fully saturated rings. The van der Waals surface area contributed by atoms with Crippen molar-refractivity contribution in [3.63, 3.8) is 0 Å². The summed E-state index contributed by atoms with van der Waals surface area (Å²) >= 11 is 1.68. The second-order valence-electron chi connectivity index (χ2n) is 4.39. The fraction of sp³-hybridized carbons (Fsp3) is 0.357. The molecule has 4 nitrogen and oxygen atoms in total. The van der Waals surface area contributed by atoms with Gasteiger partial charge >= 0.3 is 0 Å². The van der Waals surface area contributed by atoms with E-state index in [-0.39, 0.29) is 19.1 Å². The molecule has 0 aliphatic carbocycles. The number of thiophene rings is 1. The second kappa shape index (κ2) is 6.65. The average Bonchev–Trinajstić information content (AvgIpc) is 2.86. The van der Waals surface area contributed by atoms with Crippen molar-refractivity contribution in [2.75, 3.05) is 13.2 Å². The maximum atomic E-state index is 11.7. The average molecular weight is 279 g/mol. The molecule has 0 bridgehead atoms. The highest BCUT2D eigenvalue weighted by Gasteiger charge is 2.11. The summed E-state index contributed by atoms with van der Waals surface area (Å²) in [7, 11) is 0. The highest BCUT2D eigenvalue weighted by Crippen LogP contribution is 2.26. The van der Waals surface area contributed by atoms with Crippen molar-refractivity contribution in [3.8, 4) is 0 Å². The van der Waals surface area contributed by atoms with Gasteiger partial charge in [-0.2, -0.15) is 0 Å². The van der Waals surface area contributed by atoms with Crippen LogP contribution in [0.3, 0.4) is 0 Å². The van der Waals surface area contributed by atoms with Crippen LogP contribution in [0.2, 0.25) is 0 Å². The van der Waals surface area contributed by atoms with Crippen molar-refractivity contribution in [3.05, 3.63) is 35.2 Å². The molecule has 0 aliphatic heterocycles. The third-order valence-electron chi connectivity index (χ3n) is 2.99. The first-order valence-electron chi connectivity index (χ1n) is 6.20. The molecule has 0 radical (unpaired) electrons. The molecule has 19 heavy (non-hydrogen) atoms. The Morgan fingerprint density at radius 3 is 2.74 bits per heavy atom. The lowest BCUT2D eigenvalue weighted by molar-refractivity contribution is -0.122. The van der Waals surface area contributed by atoms with E-state index in [1.165, 1.54) is 15.6 Å². The van der Waals surface area contributed by atoms with Crippen LogP contribution < -0.4 is 5.32 Å². The predicted molar refractivity (Wildman–Crippen MR) is 76.2 cm³/mol. The van der Waals surface area contributed by atoms with Gasteiger partial charge in [0.2, 0.25) is 5.91 Å². The molecule has 0 spiro atoms. The number of fused-ring (bicyclic) bond motifs is 1. The molecule has 2 rings (SSSR count). The Morgan fingerprint density at radius 2 is 2.00 bits per heavy atom. The molecule has 0 atom stereocenters. The molecule has 1 aromatic carbocycles. The predicted octanol–water partition coefficient (Wildman–Crippen LogP) is 1.30. The van der Waals surface area contributed by atoms with Gasteiger partial charge in [0.25, 0.3) is 0 Å². The van der Waals surface area contributed by atoms with Gasteiger partial charge < -0.3 is 15.5 Å². The standard InChI is InChI=1S/C14H17NO3S/c16-7-11(8-17)15-14(18)6-5-10-9-19-13-4-2-1-3-12(10)13/h1-4,9,11,16-17H,5-8H2,(H,15,18).